The number of aromatic nitrogens is 3. The second kappa shape index (κ2) is 11.5. The molecule has 0 unspecified atom stereocenters. The van der Waals surface area contributed by atoms with E-state index in [1.54, 1.807) is 24.2 Å². The van der Waals surface area contributed by atoms with E-state index in [9.17, 15) is 9.90 Å². The molecule has 3 fully saturated rings. The van der Waals surface area contributed by atoms with Gasteiger partial charge >= 0.3 is 12.1 Å². The van der Waals surface area contributed by atoms with Crippen molar-refractivity contribution < 1.29 is 23.8 Å². The molecule has 0 radical (unpaired) electrons. The molecule has 2 aliphatic heterocycles. The van der Waals surface area contributed by atoms with Gasteiger partial charge in [-0.15, -0.1) is 0 Å². The maximum atomic E-state index is 16.6. The third-order valence-corrected chi connectivity index (χ3v) is 9.73. The molecule has 10 nitrogen and oxygen atoms in total. The zero-order valence-electron chi connectivity index (χ0n) is 26.8. The van der Waals surface area contributed by atoms with Crippen LogP contribution in [0.2, 0.25) is 0 Å². The molecular weight excluding hydrogens is 587 g/mol. The van der Waals surface area contributed by atoms with Crippen LogP contribution in [0.15, 0.2) is 42.6 Å². The van der Waals surface area contributed by atoms with Gasteiger partial charge in [0.1, 0.15) is 35.0 Å². The lowest BCUT2D eigenvalue weighted by Crippen LogP contribution is -2.51. The van der Waals surface area contributed by atoms with Crippen LogP contribution in [0.5, 0.6) is 11.8 Å². The largest absolute Gasteiger partial charge is 0.508 e. The molecule has 242 valence electrons. The average molecular weight is 629 g/mol. The third-order valence-electron chi connectivity index (χ3n) is 9.73. The minimum atomic E-state index is -0.610. The van der Waals surface area contributed by atoms with Gasteiger partial charge < -0.3 is 24.8 Å². The van der Waals surface area contributed by atoms with Crippen molar-refractivity contribution >= 4 is 33.6 Å². The van der Waals surface area contributed by atoms with Crippen LogP contribution in [0.4, 0.5) is 15.0 Å². The van der Waals surface area contributed by atoms with Crippen molar-refractivity contribution in [3.63, 3.8) is 0 Å². The number of fused-ring (bicyclic) bond motifs is 3. The van der Waals surface area contributed by atoms with Crippen molar-refractivity contribution in [2.45, 2.75) is 82.5 Å². The van der Waals surface area contributed by atoms with Crippen LogP contribution in [0.1, 0.15) is 59.3 Å². The van der Waals surface area contributed by atoms with Crippen LogP contribution in [-0.2, 0) is 4.74 Å². The summed E-state index contributed by atoms with van der Waals surface area (Å²) in [6, 6.07) is 10.8. The van der Waals surface area contributed by atoms with Crippen LogP contribution >= 0.6 is 0 Å². The minimum absolute atomic E-state index is 0.00246. The molecule has 1 aliphatic carbocycles. The van der Waals surface area contributed by atoms with Gasteiger partial charge in [0.2, 0.25) is 0 Å². The lowest BCUT2D eigenvalue weighted by Gasteiger charge is -2.41. The summed E-state index contributed by atoms with van der Waals surface area (Å²) in [5.41, 5.74) is 0.0659. The van der Waals surface area contributed by atoms with E-state index >= 15 is 4.39 Å². The highest BCUT2D eigenvalue weighted by molar-refractivity contribution is 5.99. The highest BCUT2D eigenvalue weighted by Crippen LogP contribution is 2.40. The molecule has 2 saturated heterocycles. The van der Waals surface area contributed by atoms with Crippen LogP contribution in [-0.4, -0.2) is 85.9 Å². The molecule has 4 aromatic rings. The standard InChI is InChI=1S/C35H41FN6O4/c1-34(2,3)46-33(44)41(4)23-16-22(17-23)38-31-27-19-37-29(26-18-24(43)15-21-9-5-6-10-25(21)26)28(36)30(27)39-32(40-31)45-20-35-11-7-13-42(35)14-8-12-35/h5-6,9-10,15,18-19,22-23,43H,7-8,11-14,16-17,20H2,1-4H3,(H,38,39,40). The first-order valence-corrected chi connectivity index (χ1v) is 16.2. The first-order chi connectivity index (χ1) is 22.0. The fraction of sp³-hybridized carbons (Fsp3) is 0.486. The van der Waals surface area contributed by atoms with E-state index in [0.29, 0.717) is 36.2 Å². The number of amides is 1. The van der Waals surface area contributed by atoms with E-state index in [2.05, 4.69) is 20.2 Å². The first kappa shape index (κ1) is 30.4. The van der Waals surface area contributed by atoms with Gasteiger partial charge in [-0.3, -0.25) is 9.88 Å². The minimum Gasteiger partial charge on any atom is -0.508 e. The Morgan fingerprint density at radius 2 is 1.87 bits per heavy atom. The normalized spacial score (nSPS) is 20.8. The summed E-state index contributed by atoms with van der Waals surface area (Å²) in [7, 11) is 1.75. The molecule has 4 heterocycles. The molecule has 0 atom stereocenters. The van der Waals surface area contributed by atoms with E-state index in [4.69, 9.17) is 14.5 Å². The number of carbonyl (C=O) groups is 1. The predicted octanol–water partition coefficient (Wildman–Crippen LogP) is 6.51. The Bertz CT molecular complexity index is 1790. The summed E-state index contributed by atoms with van der Waals surface area (Å²) in [5.74, 6) is -0.146. The number of nitrogens with zero attached hydrogens (tertiary/aromatic N) is 5. The number of benzene rings is 2. The number of rotatable bonds is 7. The van der Waals surface area contributed by atoms with Gasteiger partial charge in [-0.1, -0.05) is 24.3 Å². The second-order valence-electron chi connectivity index (χ2n) is 14.0. The maximum Gasteiger partial charge on any atom is 0.410 e. The number of aromatic hydroxyl groups is 1. The average Bonchev–Trinajstić information content (AvgIpc) is 3.57. The first-order valence-electron chi connectivity index (χ1n) is 16.2. The van der Waals surface area contributed by atoms with Crippen molar-refractivity contribution in [3.05, 3.63) is 48.4 Å². The molecule has 0 bridgehead atoms. The quantitative estimate of drug-likeness (QED) is 0.237. The van der Waals surface area contributed by atoms with Crippen molar-refractivity contribution in [2.24, 2.45) is 0 Å². The van der Waals surface area contributed by atoms with E-state index in [1.807, 2.05) is 45.0 Å². The van der Waals surface area contributed by atoms with Gasteiger partial charge in [-0.05, 0) is 95.3 Å². The second-order valence-corrected chi connectivity index (χ2v) is 14.0. The smallest absolute Gasteiger partial charge is 0.410 e. The van der Waals surface area contributed by atoms with Gasteiger partial charge in [0, 0.05) is 30.9 Å². The van der Waals surface area contributed by atoms with Crippen molar-refractivity contribution in [1.29, 1.82) is 0 Å². The highest BCUT2D eigenvalue weighted by atomic mass is 19.1. The van der Waals surface area contributed by atoms with Crippen LogP contribution in [0.25, 0.3) is 32.9 Å². The summed E-state index contributed by atoms with van der Waals surface area (Å²) in [6.07, 6.45) is 6.98. The lowest BCUT2D eigenvalue weighted by molar-refractivity contribution is 0.0132. The number of phenolic OH excluding ortho intramolecular Hbond substituents is 1. The topological polar surface area (TPSA) is 113 Å². The molecule has 46 heavy (non-hydrogen) atoms. The summed E-state index contributed by atoms with van der Waals surface area (Å²) < 4.78 is 28.4. The number of pyridine rings is 1. The Hall–Kier alpha value is -4.25. The van der Waals surface area contributed by atoms with Gasteiger partial charge in [0.15, 0.2) is 5.82 Å². The summed E-state index contributed by atoms with van der Waals surface area (Å²) in [6.45, 7) is 8.13. The number of halogens is 1. The van der Waals surface area contributed by atoms with Gasteiger partial charge in [0.25, 0.3) is 0 Å². The monoisotopic (exact) mass is 628 g/mol. The third kappa shape index (κ3) is 5.65. The van der Waals surface area contributed by atoms with Crippen LogP contribution in [0, 0.1) is 5.82 Å². The van der Waals surface area contributed by atoms with Gasteiger partial charge in [-0.25, -0.2) is 9.18 Å². The number of anilines is 1. The summed E-state index contributed by atoms with van der Waals surface area (Å²) >= 11 is 0. The highest BCUT2D eigenvalue weighted by Gasteiger charge is 2.45. The molecule has 7 rings (SSSR count). The fourth-order valence-corrected chi connectivity index (χ4v) is 7.25. The van der Waals surface area contributed by atoms with Crippen LogP contribution < -0.4 is 10.1 Å². The van der Waals surface area contributed by atoms with Crippen molar-refractivity contribution in [3.8, 4) is 23.0 Å². The summed E-state index contributed by atoms with van der Waals surface area (Å²) in [4.78, 5) is 30.6. The molecule has 1 amide bonds. The molecule has 11 heteroatoms. The van der Waals surface area contributed by atoms with E-state index < -0.39 is 11.4 Å². The van der Waals surface area contributed by atoms with E-state index in [-0.39, 0.29) is 46.7 Å². The molecule has 2 N–H and O–H groups in total. The van der Waals surface area contributed by atoms with Crippen molar-refractivity contribution in [1.82, 2.24) is 24.8 Å². The number of carbonyl (C=O) groups excluding carboxylic acids is 1. The number of hydrogen-bond donors (Lipinski definition) is 2. The molecular formula is C35H41FN6O4. The van der Waals surface area contributed by atoms with E-state index in [0.717, 1.165) is 49.5 Å². The Morgan fingerprint density at radius 1 is 1.13 bits per heavy atom. The van der Waals surface area contributed by atoms with Gasteiger partial charge in [0.05, 0.1) is 10.9 Å². The zero-order valence-corrected chi connectivity index (χ0v) is 26.8. The predicted molar refractivity (Wildman–Crippen MR) is 175 cm³/mol. The Labute approximate surface area is 267 Å². The van der Waals surface area contributed by atoms with Gasteiger partial charge in [-0.2, -0.15) is 9.97 Å². The Morgan fingerprint density at radius 3 is 2.61 bits per heavy atom. The number of ether oxygens (including phenoxy) is 2. The Balaban J connectivity index is 1.21. The summed E-state index contributed by atoms with van der Waals surface area (Å²) in [5, 5.41) is 15.9. The number of hydrogen-bond acceptors (Lipinski definition) is 9. The lowest BCUT2D eigenvalue weighted by atomic mass is 9.86. The maximum absolute atomic E-state index is 16.6. The number of nitrogens with one attached hydrogen (secondary N) is 1. The Kier molecular flexibility index (Phi) is 7.62. The SMILES string of the molecule is CN(C(=O)OC(C)(C)C)C1CC(Nc2nc(OCC34CCCN3CCC4)nc3c(F)c(-c4cc(O)cc5ccccc45)ncc23)C1. The number of phenols is 1. The zero-order chi connectivity index (χ0) is 32.2. The molecule has 0 spiro atoms. The van der Waals surface area contributed by atoms with E-state index in [1.165, 1.54) is 6.07 Å². The fourth-order valence-electron chi connectivity index (χ4n) is 7.25. The molecule has 2 aromatic heterocycles. The van der Waals surface area contributed by atoms with Crippen molar-refractivity contribution in [2.75, 3.05) is 32.1 Å². The van der Waals surface area contributed by atoms with Crippen LogP contribution in [0.3, 0.4) is 0 Å². The molecule has 2 aromatic carbocycles. The molecule has 1 saturated carbocycles. The molecule has 3 aliphatic rings.